The first-order chi connectivity index (χ1) is 9.40. The van der Waals surface area contributed by atoms with E-state index in [1.54, 1.807) is 0 Å². The van der Waals surface area contributed by atoms with Crippen molar-refractivity contribution in [2.75, 3.05) is 5.32 Å². The molecular formula is C16H21N3O. The smallest absolute Gasteiger partial charge is 0.231 e. The van der Waals surface area contributed by atoms with Crippen molar-refractivity contribution in [1.82, 2.24) is 10.2 Å². The summed E-state index contributed by atoms with van der Waals surface area (Å²) in [6.07, 6.45) is 0. The van der Waals surface area contributed by atoms with Gasteiger partial charge < -0.3 is 5.32 Å². The largest absolute Gasteiger partial charge is 0.325 e. The summed E-state index contributed by atoms with van der Waals surface area (Å²) in [6, 6.07) is 6.01. The van der Waals surface area contributed by atoms with Crippen LogP contribution in [-0.2, 0) is 4.79 Å². The van der Waals surface area contributed by atoms with E-state index in [-0.39, 0.29) is 11.8 Å². The van der Waals surface area contributed by atoms with Crippen molar-refractivity contribution in [2.45, 2.75) is 40.5 Å². The van der Waals surface area contributed by atoms with Gasteiger partial charge in [0.1, 0.15) is 0 Å². The number of aryl methyl sites for hydroxylation is 4. The number of rotatable bonds is 3. The first-order valence-corrected chi connectivity index (χ1v) is 6.79. The Hall–Kier alpha value is -2.10. The molecule has 0 aliphatic rings. The maximum atomic E-state index is 12.4. The summed E-state index contributed by atoms with van der Waals surface area (Å²) in [6.45, 7) is 9.81. The molecule has 1 atom stereocenters. The number of hydrogen-bond donors (Lipinski definition) is 2. The highest BCUT2D eigenvalue weighted by Crippen LogP contribution is 2.24. The molecule has 0 aliphatic carbocycles. The number of carbonyl (C=O) groups excluding carboxylic acids is 1. The van der Waals surface area contributed by atoms with Gasteiger partial charge in [0.25, 0.3) is 0 Å². The zero-order chi connectivity index (χ0) is 14.9. The van der Waals surface area contributed by atoms with Crippen LogP contribution in [0.15, 0.2) is 18.2 Å². The average Bonchev–Trinajstić information content (AvgIpc) is 2.71. The van der Waals surface area contributed by atoms with Crippen LogP contribution in [0.5, 0.6) is 0 Å². The number of H-pyrrole nitrogens is 1. The lowest BCUT2D eigenvalue weighted by atomic mass is 9.98. The van der Waals surface area contributed by atoms with Gasteiger partial charge in [-0.2, -0.15) is 5.10 Å². The van der Waals surface area contributed by atoms with Gasteiger partial charge in [-0.05, 0) is 46.2 Å². The number of nitrogens with one attached hydrogen (secondary N) is 2. The number of nitrogens with zero attached hydrogens (tertiary/aromatic N) is 1. The van der Waals surface area contributed by atoms with Crippen LogP contribution in [0.2, 0.25) is 0 Å². The molecule has 0 saturated carbocycles. The summed E-state index contributed by atoms with van der Waals surface area (Å²) >= 11 is 0. The van der Waals surface area contributed by atoms with E-state index in [2.05, 4.69) is 21.6 Å². The molecule has 0 radical (unpaired) electrons. The van der Waals surface area contributed by atoms with E-state index in [9.17, 15) is 4.79 Å². The summed E-state index contributed by atoms with van der Waals surface area (Å²) in [7, 11) is 0. The van der Waals surface area contributed by atoms with Gasteiger partial charge in [0.2, 0.25) is 5.91 Å². The normalized spacial score (nSPS) is 12.2. The van der Waals surface area contributed by atoms with Crippen LogP contribution in [0.4, 0.5) is 5.69 Å². The molecule has 0 unspecified atom stereocenters. The van der Waals surface area contributed by atoms with E-state index in [1.165, 1.54) is 5.56 Å². The molecule has 1 heterocycles. The van der Waals surface area contributed by atoms with Crippen LogP contribution < -0.4 is 5.32 Å². The minimum absolute atomic E-state index is 0.00967. The monoisotopic (exact) mass is 271 g/mol. The number of amides is 1. The molecule has 0 saturated heterocycles. The standard InChI is InChI=1S/C16H21N3O/c1-9-6-7-14(10(2)8-9)17-16(20)11(3)15-12(4)18-19-13(15)5/h6-8,11H,1-5H3,(H,17,20)(H,18,19)/t11-/m0/s1. The first-order valence-electron chi connectivity index (χ1n) is 6.79. The predicted molar refractivity (Wildman–Crippen MR) is 81.0 cm³/mol. The van der Waals surface area contributed by atoms with Crippen LogP contribution in [0.25, 0.3) is 0 Å². The maximum Gasteiger partial charge on any atom is 0.231 e. The van der Waals surface area contributed by atoms with Crippen molar-refractivity contribution in [3.8, 4) is 0 Å². The second kappa shape index (κ2) is 5.49. The molecule has 0 bridgehead atoms. The highest BCUT2D eigenvalue weighted by atomic mass is 16.1. The molecule has 0 aliphatic heterocycles. The quantitative estimate of drug-likeness (QED) is 0.899. The van der Waals surface area contributed by atoms with E-state index >= 15 is 0 Å². The number of aromatic nitrogens is 2. The minimum Gasteiger partial charge on any atom is -0.325 e. The second-order valence-corrected chi connectivity index (χ2v) is 5.38. The van der Waals surface area contributed by atoms with Crippen molar-refractivity contribution in [1.29, 1.82) is 0 Å². The Kier molecular flexibility index (Phi) is 3.93. The van der Waals surface area contributed by atoms with Crippen molar-refractivity contribution < 1.29 is 4.79 Å². The number of aromatic amines is 1. The Morgan fingerprint density at radius 2 is 1.95 bits per heavy atom. The van der Waals surface area contributed by atoms with Crippen LogP contribution >= 0.6 is 0 Å². The number of anilines is 1. The van der Waals surface area contributed by atoms with Gasteiger partial charge in [0.15, 0.2) is 0 Å². The Morgan fingerprint density at radius 3 is 2.50 bits per heavy atom. The van der Waals surface area contributed by atoms with Gasteiger partial charge in [-0.1, -0.05) is 17.7 Å². The predicted octanol–water partition coefficient (Wildman–Crippen LogP) is 3.39. The van der Waals surface area contributed by atoms with Crippen molar-refractivity contribution in [2.24, 2.45) is 0 Å². The van der Waals surface area contributed by atoms with Gasteiger partial charge in [-0.3, -0.25) is 9.89 Å². The molecule has 2 aromatic rings. The highest BCUT2D eigenvalue weighted by Gasteiger charge is 2.21. The fourth-order valence-corrected chi connectivity index (χ4v) is 2.52. The third kappa shape index (κ3) is 2.74. The lowest BCUT2D eigenvalue weighted by Crippen LogP contribution is -2.20. The summed E-state index contributed by atoms with van der Waals surface area (Å²) < 4.78 is 0. The Balaban J connectivity index is 2.20. The Morgan fingerprint density at radius 1 is 1.25 bits per heavy atom. The van der Waals surface area contributed by atoms with E-state index in [4.69, 9.17) is 0 Å². The van der Waals surface area contributed by atoms with Gasteiger partial charge >= 0.3 is 0 Å². The van der Waals surface area contributed by atoms with Crippen molar-refractivity contribution in [3.63, 3.8) is 0 Å². The second-order valence-electron chi connectivity index (χ2n) is 5.38. The summed E-state index contributed by atoms with van der Waals surface area (Å²) in [5, 5.41) is 10.1. The fraction of sp³-hybridized carbons (Fsp3) is 0.375. The van der Waals surface area contributed by atoms with E-state index in [0.717, 1.165) is 28.2 Å². The van der Waals surface area contributed by atoms with E-state index in [0.29, 0.717) is 0 Å². The summed E-state index contributed by atoms with van der Waals surface area (Å²) in [4.78, 5) is 12.4. The van der Waals surface area contributed by atoms with Gasteiger partial charge in [-0.25, -0.2) is 0 Å². The Labute approximate surface area is 119 Å². The highest BCUT2D eigenvalue weighted by molar-refractivity contribution is 5.96. The van der Waals surface area contributed by atoms with E-state index in [1.807, 2.05) is 46.8 Å². The fourth-order valence-electron chi connectivity index (χ4n) is 2.52. The third-order valence-electron chi connectivity index (χ3n) is 3.65. The van der Waals surface area contributed by atoms with Crippen molar-refractivity contribution in [3.05, 3.63) is 46.3 Å². The summed E-state index contributed by atoms with van der Waals surface area (Å²) in [5.74, 6) is -0.237. The van der Waals surface area contributed by atoms with Crippen LogP contribution in [0.1, 0.15) is 40.9 Å². The molecule has 20 heavy (non-hydrogen) atoms. The van der Waals surface area contributed by atoms with Gasteiger partial charge in [0, 0.05) is 16.9 Å². The molecule has 4 nitrogen and oxygen atoms in total. The molecule has 2 N–H and O–H groups in total. The number of carbonyl (C=O) groups is 1. The molecule has 106 valence electrons. The molecule has 1 amide bonds. The number of hydrogen-bond acceptors (Lipinski definition) is 2. The Bertz CT molecular complexity index is 624. The molecule has 1 aromatic heterocycles. The SMILES string of the molecule is Cc1ccc(NC(=O)[C@@H](C)c2c(C)n[nH]c2C)c(C)c1. The van der Waals surface area contributed by atoms with Crippen molar-refractivity contribution >= 4 is 11.6 Å². The lowest BCUT2D eigenvalue weighted by Gasteiger charge is -2.14. The maximum absolute atomic E-state index is 12.4. The lowest BCUT2D eigenvalue weighted by molar-refractivity contribution is -0.117. The van der Waals surface area contributed by atoms with Gasteiger partial charge in [0.05, 0.1) is 11.6 Å². The third-order valence-corrected chi connectivity index (χ3v) is 3.65. The molecule has 4 heteroatoms. The van der Waals surface area contributed by atoms with Crippen LogP contribution in [0, 0.1) is 27.7 Å². The molecule has 1 aromatic carbocycles. The zero-order valence-electron chi connectivity index (χ0n) is 12.7. The topological polar surface area (TPSA) is 57.8 Å². The van der Waals surface area contributed by atoms with E-state index < -0.39 is 0 Å². The molecular weight excluding hydrogens is 250 g/mol. The number of benzene rings is 1. The molecule has 2 rings (SSSR count). The summed E-state index contributed by atoms with van der Waals surface area (Å²) in [5.41, 5.74) is 5.94. The van der Waals surface area contributed by atoms with Crippen LogP contribution in [-0.4, -0.2) is 16.1 Å². The average molecular weight is 271 g/mol. The molecule has 0 fully saturated rings. The molecule has 0 spiro atoms. The van der Waals surface area contributed by atoms with Crippen LogP contribution in [0.3, 0.4) is 0 Å². The zero-order valence-corrected chi connectivity index (χ0v) is 12.7. The first kappa shape index (κ1) is 14.3. The van der Waals surface area contributed by atoms with Gasteiger partial charge in [-0.15, -0.1) is 0 Å². The minimum atomic E-state index is -0.227.